The Hall–Kier alpha value is -0.0800. The molecule has 1 aliphatic carbocycles. The second-order valence-corrected chi connectivity index (χ2v) is 5.62. The van der Waals surface area contributed by atoms with Crippen LogP contribution in [0.4, 0.5) is 0 Å². The van der Waals surface area contributed by atoms with Crippen LogP contribution in [0.15, 0.2) is 0 Å². The van der Waals surface area contributed by atoms with E-state index < -0.39 is 0 Å². The van der Waals surface area contributed by atoms with E-state index in [2.05, 4.69) is 4.90 Å². The van der Waals surface area contributed by atoms with Gasteiger partial charge in [-0.25, -0.2) is 0 Å². The molecule has 88 valence electrons. The smallest absolute Gasteiger partial charge is 0.00505 e. The zero-order valence-electron chi connectivity index (χ0n) is 10.0. The van der Waals surface area contributed by atoms with Crippen molar-refractivity contribution in [2.75, 3.05) is 26.2 Å². The molecule has 1 aliphatic heterocycles. The first-order chi connectivity index (χ1) is 7.35. The summed E-state index contributed by atoms with van der Waals surface area (Å²) < 4.78 is 0. The molecule has 0 bridgehead atoms. The highest BCUT2D eigenvalue weighted by molar-refractivity contribution is 4.96. The van der Waals surface area contributed by atoms with Gasteiger partial charge in [0.15, 0.2) is 0 Å². The normalized spacial score (nSPS) is 25.4. The van der Waals surface area contributed by atoms with Crippen molar-refractivity contribution in [3.63, 3.8) is 0 Å². The van der Waals surface area contributed by atoms with Gasteiger partial charge in [-0.1, -0.05) is 25.7 Å². The third-order valence-electron chi connectivity index (χ3n) is 4.21. The number of hydrogen-bond donors (Lipinski definition) is 1. The fourth-order valence-corrected chi connectivity index (χ4v) is 3.34. The number of nitrogens with two attached hydrogens (primary N) is 1. The highest BCUT2D eigenvalue weighted by Crippen LogP contribution is 2.43. The minimum Gasteiger partial charge on any atom is -0.330 e. The first-order valence-corrected chi connectivity index (χ1v) is 6.77. The molecule has 2 fully saturated rings. The zero-order valence-corrected chi connectivity index (χ0v) is 10.0. The van der Waals surface area contributed by atoms with Gasteiger partial charge in [-0.15, -0.1) is 0 Å². The summed E-state index contributed by atoms with van der Waals surface area (Å²) in [7, 11) is 0. The maximum atomic E-state index is 5.49. The van der Waals surface area contributed by atoms with Crippen molar-refractivity contribution in [1.29, 1.82) is 0 Å². The van der Waals surface area contributed by atoms with E-state index in [0.29, 0.717) is 0 Å². The predicted molar refractivity (Wildman–Crippen MR) is 64.9 cm³/mol. The van der Waals surface area contributed by atoms with Crippen molar-refractivity contribution in [3.8, 4) is 0 Å². The van der Waals surface area contributed by atoms with Crippen LogP contribution in [-0.4, -0.2) is 31.1 Å². The molecule has 1 saturated heterocycles. The number of hydrogen-bond acceptors (Lipinski definition) is 2. The van der Waals surface area contributed by atoms with Crippen LogP contribution in [0, 0.1) is 5.41 Å². The Labute approximate surface area is 94.2 Å². The molecule has 15 heavy (non-hydrogen) atoms. The van der Waals surface area contributed by atoms with E-state index in [9.17, 15) is 0 Å². The zero-order chi connectivity index (χ0) is 10.6. The Balaban J connectivity index is 1.56. The molecule has 2 N–H and O–H groups in total. The Morgan fingerprint density at radius 2 is 1.67 bits per heavy atom. The first-order valence-electron chi connectivity index (χ1n) is 6.77. The largest absolute Gasteiger partial charge is 0.330 e. The third kappa shape index (κ3) is 2.94. The first kappa shape index (κ1) is 11.4. The molecule has 0 radical (unpaired) electrons. The molecule has 0 aromatic rings. The summed E-state index contributed by atoms with van der Waals surface area (Å²) in [6.07, 6.45) is 11.4. The summed E-state index contributed by atoms with van der Waals surface area (Å²) in [4.78, 5) is 2.65. The lowest BCUT2D eigenvalue weighted by Gasteiger charge is -2.52. The maximum absolute atomic E-state index is 5.49. The van der Waals surface area contributed by atoms with Crippen molar-refractivity contribution in [1.82, 2.24) is 4.90 Å². The Kier molecular flexibility index (Phi) is 4.04. The molecule has 1 spiro atoms. The summed E-state index contributed by atoms with van der Waals surface area (Å²) in [5.41, 5.74) is 6.26. The van der Waals surface area contributed by atoms with Crippen LogP contribution in [-0.2, 0) is 0 Å². The van der Waals surface area contributed by atoms with Gasteiger partial charge in [-0.05, 0) is 44.2 Å². The summed E-state index contributed by atoms with van der Waals surface area (Å²) >= 11 is 0. The molecular formula is C13H26N2. The van der Waals surface area contributed by atoms with Crippen LogP contribution in [0.25, 0.3) is 0 Å². The molecule has 0 unspecified atom stereocenters. The molecular weight excluding hydrogens is 184 g/mol. The molecule has 0 aromatic carbocycles. The Bertz CT molecular complexity index is 177. The van der Waals surface area contributed by atoms with Crippen LogP contribution in [0.5, 0.6) is 0 Å². The van der Waals surface area contributed by atoms with E-state index in [4.69, 9.17) is 5.73 Å². The van der Waals surface area contributed by atoms with Gasteiger partial charge in [0.05, 0.1) is 0 Å². The van der Waals surface area contributed by atoms with E-state index >= 15 is 0 Å². The minimum atomic E-state index is 0.770. The lowest BCUT2D eigenvalue weighted by atomic mass is 9.68. The van der Waals surface area contributed by atoms with Crippen molar-refractivity contribution in [2.24, 2.45) is 11.1 Å². The summed E-state index contributed by atoms with van der Waals surface area (Å²) in [5, 5.41) is 0. The quantitative estimate of drug-likeness (QED) is 0.706. The fourth-order valence-electron chi connectivity index (χ4n) is 3.34. The van der Waals surface area contributed by atoms with E-state index in [1.54, 1.807) is 0 Å². The molecule has 2 nitrogen and oxygen atoms in total. The van der Waals surface area contributed by atoms with Gasteiger partial charge in [-0.3, -0.25) is 0 Å². The van der Waals surface area contributed by atoms with Gasteiger partial charge in [0.2, 0.25) is 0 Å². The fraction of sp³-hybridized carbons (Fsp3) is 1.00. The molecule has 2 heteroatoms. The molecule has 0 atom stereocenters. The Morgan fingerprint density at radius 3 is 2.33 bits per heavy atom. The van der Waals surface area contributed by atoms with E-state index in [0.717, 1.165) is 12.0 Å². The average Bonchev–Trinajstić information content (AvgIpc) is 2.23. The highest BCUT2D eigenvalue weighted by Gasteiger charge is 2.42. The summed E-state index contributed by atoms with van der Waals surface area (Å²) in [5.74, 6) is 0. The second kappa shape index (κ2) is 5.31. The van der Waals surface area contributed by atoms with Crippen molar-refractivity contribution < 1.29 is 0 Å². The summed E-state index contributed by atoms with van der Waals surface area (Å²) in [6, 6.07) is 0. The van der Waals surface area contributed by atoms with E-state index in [-0.39, 0.29) is 0 Å². The standard InChI is InChI=1S/C13H26N2/c14-9-5-2-6-10-15-11-13(12-15)7-3-1-4-8-13/h1-12,14H2. The summed E-state index contributed by atoms with van der Waals surface area (Å²) in [6.45, 7) is 4.98. The number of nitrogens with zero attached hydrogens (tertiary/aromatic N) is 1. The van der Waals surface area contributed by atoms with Crippen molar-refractivity contribution in [3.05, 3.63) is 0 Å². The number of rotatable bonds is 5. The lowest BCUT2D eigenvalue weighted by Crippen LogP contribution is -2.57. The van der Waals surface area contributed by atoms with Crippen LogP contribution in [0.1, 0.15) is 51.4 Å². The number of unbranched alkanes of at least 4 members (excludes halogenated alkanes) is 2. The van der Waals surface area contributed by atoms with Crippen LogP contribution in [0.2, 0.25) is 0 Å². The molecule has 1 saturated carbocycles. The highest BCUT2D eigenvalue weighted by atomic mass is 15.2. The van der Waals surface area contributed by atoms with Crippen molar-refractivity contribution in [2.45, 2.75) is 51.4 Å². The van der Waals surface area contributed by atoms with Crippen molar-refractivity contribution >= 4 is 0 Å². The number of likely N-dealkylation sites (tertiary alicyclic amines) is 1. The average molecular weight is 210 g/mol. The predicted octanol–water partition coefficient (Wildman–Crippen LogP) is 2.38. The lowest BCUT2D eigenvalue weighted by molar-refractivity contribution is -0.0283. The van der Waals surface area contributed by atoms with Crippen LogP contribution < -0.4 is 5.73 Å². The van der Waals surface area contributed by atoms with E-state index in [1.807, 2.05) is 0 Å². The third-order valence-corrected chi connectivity index (χ3v) is 4.21. The molecule has 2 aliphatic rings. The van der Waals surface area contributed by atoms with Gasteiger partial charge in [0, 0.05) is 13.1 Å². The van der Waals surface area contributed by atoms with Gasteiger partial charge >= 0.3 is 0 Å². The van der Waals surface area contributed by atoms with Gasteiger partial charge in [0.1, 0.15) is 0 Å². The monoisotopic (exact) mass is 210 g/mol. The molecule has 1 heterocycles. The molecule has 2 rings (SSSR count). The van der Waals surface area contributed by atoms with Gasteiger partial charge in [-0.2, -0.15) is 0 Å². The minimum absolute atomic E-state index is 0.770. The van der Waals surface area contributed by atoms with Gasteiger partial charge in [0.25, 0.3) is 0 Å². The second-order valence-electron chi connectivity index (χ2n) is 5.62. The topological polar surface area (TPSA) is 29.3 Å². The maximum Gasteiger partial charge on any atom is 0.00505 e. The van der Waals surface area contributed by atoms with Gasteiger partial charge < -0.3 is 10.6 Å². The Morgan fingerprint density at radius 1 is 0.933 bits per heavy atom. The SMILES string of the molecule is NCCCCCN1CC2(CCCCC2)C1. The molecule has 0 aromatic heterocycles. The molecule has 0 amide bonds. The van der Waals surface area contributed by atoms with Crippen LogP contribution in [0.3, 0.4) is 0 Å². The van der Waals surface area contributed by atoms with E-state index in [1.165, 1.54) is 71.0 Å². The van der Waals surface area contributed by atoms with Crippen LogP contribution >= 0.6 is 0 Å².